The molecule has 0 unspecified atom stereocenters. The molecule has 1 rings (SSSR count). The van der Waals surface area contributed by atoms with Crippen molar-refractivity contribution < 1.29 is 14.4 Å². The second-order valence-corrected chi connectivity index (χ2v) is 4.20. The molecule has 0 spiro atoms. The van der Waals surface area contributed by atoms with Crippen molar-refractivity contribution in [3.8, 4) is 11.5 Å². The Morgan fingerprint density at radius 1 is 1.32 bits per heavy atom. The fraction of sp³-hybridized carbons (Fsp3) is 0.429. The van der Waals surface area contributed by atoms with E-state index in [1.807, 2.05) is 0 Å². The summed E-state index contributed by atoms with van der Waals surface area (Å²) in [6.07, 6.45) is 3.31. The monoisotopic (exact) mass is 265 g/mol. The number of hydrogen-bond donors (Lipinski definition) is 0. The molecule has 0 aliphatic heterocycles. The highest BCUT2D eigenvalue weighted by molar-refractivity contribution is 5.59. The molecule has 0 aliphatic rings. The van der Waals surface area contributed by atoms with Crippen LogP contribution in [0.25, 0.3) is 6.08 Å². The second-order valence-electron chi connectivity index (χ2n) is 4.20. The SMILES string of the molecule is CCCc1c(OC)cc(C=C(C)[N+](=O)[O-])cc1OC. The molecule has 0 heterocycles. The van der Waals surface area contributed by atoms with E-state index in [1.165, 1.54) is 13.0 Å². The summed E-state index contributed by atoms with van der Waals surface area (Å²) in [5.74, 6) is 1.40. The summed E-state index contributed by atoms with van der Waals surface area (Å²) >= 11 is 0. The number of rotatable bonds is 6. The number of nitro groups is 1. The van der Waals surface area contributed by atoms with Crippen LogP contribution in [0.4, 0.5) is 0 Å². The van der Waals surface area contributed by atoms with E-state index in [1.54, 1.807) is 26.4 Å². The molecule has 19 heavy (non-hydrogen) atoms. The topological polar surface area (TPSA) is 61.6 Å². The predicted molar refractivity (Wildman–Crippen MR) is 74.2 cm³/mol. The smallest absolute Gasteiger partial charge is 0.243 e. The summed E-state index contributed by atoms with van der Waals surface area (Å²) in [6, 6.07) is 3.58. The minimum atomic E-state index is -0.418. The zero-order valence-corrected chi connectivity index (χ0v) is 11.7. The number of nitrogens with zero attached hydrogens (tertiary/aromatic N) is 1. The Balaban J connectivity index is 3.30. The van der Waals surface area contributed by atoms with Gasteiger partial charge >= 0.3 is 0 Å². The van der Waals surface area contributed by atoms with Crippen LogP contribution in [0.2, 0.25) is 0 Å². The van der Waals surface area contributed by atoms with E-state index in [-0.39, 0.29) is 5.70 Å². The zero-order chi connectivity index (χ0) is 14.4. The molecule has 0 saturated heterocycles. The van der Waals surface area contributed by atoms with Gasteiger partial charge in [0, 0.05) is 18.6 Å². The summed E-state index contributed by atoms with van der Waals surface area (Å²) < 4.78 is 10.7. The molecule has 0 bridgehead atoms. The zero-order valence-electron chi connectivity index (χ0n) is 11.7. The molecule has 0 amide bonds. The van der Waals surface area contributed by atoms with Gasteiger partial charge in [-0.15, -0.1) is 0 Å². The van der Waals surface area contributed by atoms with Crippen LogP contribution in [-0.2, 0) is 6.42 Å². The molecule has 104 valence electrons. The van der Waals surface area contributed by atoms with Crippen molar-refractivity contribution in [1.29, 1.82) is 0 Å². The Bertz CT molecular complexity index is 469. The molecule has 0 fully saturated rings. The Kier molecular flexibility index (Phi) is 5.36. The summed E-state index contributed by atoms with van der Waals surface area (Å²) in [7, 11) is 3.17. The average molecular weight is 265 g/mol. The highest BCUT2D eigenvalue weighted by atomic mass is 16.6. The van der Waals surface area contributed by atoms with Crippen LogP contribution >= 0.6 is 0 Å². The van der Waals surface area contributed by atoms with Crippen molar-refractivity contribution in [3.05, 3.63) is 39.1 Å². The molecule has 0 N–H and O–H groups in total. The number of methoxy groups -OCH3 is 2. The van der Waals surface area contributed by atoms with Crippen LogP contribution in [0, 0.1) is 10.1 Å². The third-order valence-electron chi connectivity index (χ3n) is 2.79. The molecule has 0 aliphatic carbocycles. The van der Waals surface area contributed by atoms with E-state index in [0.29, 0.717) is 17.1 Å². The molecule has 5 nitrogen and oxygen atoms in total. The molecule has 0 saturated carbocycles. The van der Waals surface area contributed by atoms with Gasteiger partial charge in [-0.1, -0.05) is 13.3 Å². The fourth-order valence-electron chi connectivity index (χ4n) is 1.88. The Labute approximate surface area is 113 Å². The molecule has 1 aromatic rings. The molecule has 5 heteroatoms. The number of benzene rings is 1. The Hall–Kier alpha value is -2.04. The van der Waals surface area contributed by atoms with Crippen molar-refractivity contribution in [1.82, 2.24) is 0 Å². The number of hydrogen-bond acceptors (Lipinski definition) is 4. The summed E-state index contributed by atoms with van der Waals surface area (Å²) in [5.41, 5.74) is 1.76. The van der Waals surface area contributed by atoms with E-state index in [4.69, 9.17) is 9.47 Å². The van der Waals surface area contributed by atoms with Crippen molar-refractivity contribution in [2.24, 2.45) is 0 Å². The van der Waals surface area contributed by atoms with E-state index in [9.17, 15) is 10.1 Å². The minimum absolute atomic E-state index is 0.0762. The van der Waals surface area contributed by atoms with Gasteiger partial charge in [-0.05, 0) is 24.1 Å². The summed E-state index contributed by atoms with van der Waals surface area (Å²) in [5, 5.41) is 10.7. The van der Waals surface area contributed by atoms with Crippen LogP contribution in [0.15, 0.2) is 17.8 Å². The lowest BCUT2D eigenvalue weighted by atomic mass is 10.0. The van der Waals surface area contributed by atoms with Gasteiger partial charge in [0.15, 0.2) is 0 Å². The highest BCUT2D eigenvalue weighted by Crippen LogP contribution is 2.32. The standard InChI is InChI=1S/C14H19NO4/c1-5-6-12-13(18-3)8-11(9-14(12)19-4)7-10(2)15(16)17/h7-9H,5-6H2,1-4H3. The maximum Gasteiger partial charge on any atom is 0.243 e. The van der Waals surface area contributed by atoms with Gasteiger partial charge in [0.05, 0.1) is 19.1 Å². The first-order valence-corrected chi connectivity index (χ1v) is 6.11. The van der Waals surface area contributed by atoms with Crippen LogP contribution in [0.5, 0.6) is 11.5 Å². The van der Waals surface area contributed by atoms with Gasteiger partial charge in [-0.3, -0.25) is 10.1 Å². The van der Waals surface area contributed by atoms with Crippen molar-refractivity contribution in [2.75, 3.05) is 14.2 Å². The maximum atomic E-state index is 10.7. The van der Waals surface area contributed by atoms with Crippen molar-refractivity contribution in [3.63, 3.8) is 0 Å². The van der Waals surface area contributed by atoms with Gasteiger partial charge in [-0.2, -0.15) is 0 Å². The van der Waals surface area contributed by atoms with Gasteiger partial charge in [0.1, 0.15) is 11.5 Å². The first-order chi connectivity index (χ1) is 9.03. The molecular weight excluding hydrogens is 246 g/mol. The first-order valence-electron chi connectivity index (χ1n) is 6.11. The van der Waals surface area contributed by atoms with Crippen LogP contribution in [0.1, 0.15) is 31.4 Å². The van der Waals surface area contributed by atoms with Crippen LogP contribution < -0.4 is 9.47 Å². The van der Waals surface area contributed by atoms with E-state index in [2.05, 4.69) is 6.92 Å². The third kappa shape index (κ3) is 3.71. The fourth-order valence-corrected chi connectivity index (χ4v) is 1.88. The molecule has 0 aromatic heterocycles. The normalized spacial score (nSPS) is 11.3. The predicted octanol–water partition coefficient (Wildman–Crippen LogP) is 3.29. The lowest BCUT2D eigenvalue weighted by Crippen LogP contribution is -1.98. The Morgan fingerprint density at radius 3 is 2.21 bits per heavy atom. The number of ether oxygens (including phenoxy) is 2. The quantitative estimate of drug-likeness (QED) is 0.585. The van der Waals surface area contributed by atoms with Gasteiger partial charge in [0.2, 0.25) is 5.70 Å². The molecule has 0 atom stereocenters. The van der Waals surface area contributed by atoms with Gasteiger partial charge in [-0.25, -0.2) is 0 Å². The first kappa shape index (κ1) is 15.0. The van der Waals surface area contributed by atoms with Crippen LogP contribution in [0.3, 0.4) is 0 Å². The Morgan fingerprint density at radius 2 is 1.84 bits per heavy atom. The largest absolute Gasteiger partial charge is 0.496 e. The molecule has 0 radical (unpaired) electrons. The second kappa shape index (κ2) is 6.78. The van der Waals surface area contributed by atoms with E-state index >= 15 is 0 Å². The lowest BCUT2D eigenvalue weighted by molar-refractivity contribution is -0.422. The van der Waals surface area contributed by atoms with E-state index in [0.717, 1.165) is 18.4 Å². The summed E-state index contributed by atoms with van der Waals surface area (Å²) in [6.45, 7) is 3.53. The number of allylic oxidation sites excluding steroid dienone is 1. The van der Waals surface area contributed by atoms with Crippen molar-refractivity contribution >= 4 is 6.08 Å². The van der Waals surface area contributed by atoms with Gasteiger partial charge < -0.3 is 9.47 Å². The van der Waals surface area contributed by atoms with Crippen LogP contribution in [-0.4, -0.2) is 19.1 Å². The molecule has 1 aromatic carbocycles. The van der Waals surface area contributed by atoms with Crippen molar-refractivity contribution in [2.45, 2.75) is 26.7 Å². The minimum Gasteiger partial charge on any atom is -0.496 e. The lowest BCUT2D eigenvalue weighted by Gasteiger charge is -2.13. The molecular formula is C14H19NO4. The maximum absolute atomic E-state index is 10.7. The van der Waals surface area contributed by atoms with Gasteiger partial charge in [0.25, 0.3) is 0 Å². The summed E-state index contributed by atoms with van der Waals surface area (Å²) in [4.78, 5) is 10.2. The highest BCUT2D eigenvalue weighted by Gasteiger charge is 2.12. The average Bonchev–Trinajstić information content (AvgIpc) is 2.39. The van der Waals surface area contributed by atoms with E-state index < -0.39 is 4.92 Å². The third-order valence-corrected chi connectivity index (χ3v) is 2.79.